The number of carbonyl (C=O) groups is 3. The van der Waals surface area contributed by atoms with E-state index in [1.54, 1.807) is 29.0 Å². The average Bonchev–Trinajstić information content (AvgIpc) is 3.01. The molecule has 1 aromatic heterocycles. The van der Waals surface area contributed by atoms with Crippen molar-refractivity contribution in [2.75, 3.05) is 6.61 Å². The van der Waals surface area contributed by atoms with Crippen molar-refractivity contribution in [3.8, 4) is 16.9 Å². The number of nitrogens with zero attached hydrogens (tertiary/aromatic N) is 1. The fraction of sp³-hybridized carbons (Fsp3) is 0.188. The second kappa shape index (κ2) is 14.1. The Labute approximate surface area is 257 Å². The highest BCUT2D eigenvalue weighted by molar-refractivity contribution is 5.95. The summed E-state index contributed by atoms with van der Waals surface area (Å²) in [5.74, 6) is -4.54. The predicted molar refractivity (Wildman–Crippen MR) is 151 cm³/mol. The van der Waals surface area contributed by atoms with E-state index in [2.05, 4.69) is 10.1 Å². The lowest BCUT2D eigenvalue weighted by molar-refractivity contribution is -0.202. The van der Waals surface area contributed by atoms with Crippen molar-refractivity contribution in [2.24, 2.45) is 0 Å². The van der Waals surface area contributed by atoms with E-state index < -0.39 is 48.2 Å². The third kappa shape index (κ3) is 9.06. The maximum Gasteiger partial charge on any atom is 0.491 e. The molecule has 46 heavy (non-hydrogen) atoms. The fourth-order valence-electron chi connectivity index (χ4n) is 4.26. The first-order valence-electron chi connectivity index (χ1n) is 13.5. The van der Waals surface area contributed by atoms with Crippen LogP contribution in [0.2, 0.25) is 0 Å². The highest BCUT2D eigenvalue weighted by Gasteiger charge is 2.42. The van der Waals surface area contributed by atoms with Gasteiger partial charge in [0.25, 0.3) is 5.91 Å². The zero-order valence-corrected chi connectivity index (χ0v) is 23.7. The summed E-state index contributed by atoms with van der Waals surface area (Å²) < 4.78 is 87.9. The first kappa shape index (κ1) is 33.5. The monoisotopic (exact) mass is 645 g/mol. The molecule has 240 valence electrons. The van der Waals surface area contributed by atoms with Crippen LogP contribution < -0.4 is 15.5 Å². The number of ether oxygens (including phenoxy) is 2. The number of aromatic nitrogens is 1. The lowest BCUT2D eigenvalue weighted by Crippen LogP contribution is -2.33. The van der Waals surface area contributed by atoms with E-state index in [9.17, 15) is 40.7 Å². The summed E-state index contributed by atoms with van der Waals surface area (Å²) in [6, 6.07) is 19.9. The maximum atomic E-state index is 13.1. The van der Waals surface area contributed by atoms with Crippen LogP contribution in [0.1, 0.15) is 33.9 Å². The minimum atomic E-state index is -5.41. The molecule has 2 N–H and O–H groups in total. The Morgan fingerprint density at radius 3 is 1.98 bits per heavy atom. The van der Waals surface area contributed by atoms with Gasteiger partial charge in [-0.05, 0) is 65.2 Å². The molecule has 0 saturated heterocycles. The van der Waals surface area contributed by atoms with Gasteiger partial charge in [0.1, 0.15) is 17.8 Å². The Balaban J connectivity index is 1.47. The molecule has 0 bridgehead atoms. The summed E-state index contributed by atoms with van der Waals surface area (Å²) in [5.41, 5.74) is 0.735. The molecular weight excluding hydrogens is 620 g/mol. The van der Waals surface area contributed by atoms with E-state index in [4.69, 9.17) is 10.1 Å². The summed E-state index contributed by atoms with van der Waals surface area (Å²) in [6.07, 6.45) is -9.04. The molecule has 1 atom stereocenters. The van der Waals surface area contributed by atoms with Crippen LogP contribution in [-0.4, -0.2) is 35.2 Å². The predicted octanol–water partition coefficient (Wildman–Crippen LogP) is 6.23. The second-order valence-electron chi connectivity index (χ2n) is 9.84. The van der Waals surface area contributed by atoms with Gasteiger partial charge in [-0.1, -0.05) is 42.5 Å². The molecule has 0 fully saturated rings. The Hall–Kier alpha value is -5.40. The van der Waals surface area contributed by atoms with Gasteiger partial charge < -0.3 is 19.4 Å². The van der Waals surface area contributed by atoms with Crippen LogP contribution in [0.15, 0.2) is 97.2 Å². The number of esters is 2. The van der Waals surface area contributed by atoms with Crippen LogP contribution >= 0.6 is 0 Å². The van der Waals surface area contributed by atoms with Gasteiger partial charge in [-0.2, -0.15) is 26.3 Å². The van der Waals surface area contributed by atoms with Crippen LogP contribution in [0, 0.1) is 5.41 Å². The fourth-order valence-corrected chi connectivity index (χ4v) is 4.26. The van der Waals surface area contributed by atoms with Gasteiger partial charge in [0.15, 0.2) is 0 Å². The Bertz CT molecular complexity index is 1730. The molecule has 0 radical (unpaired) electrons. The van der Waals surface area contributed by atoms with E-state index in [0.717, 1.165) is 12.1 Å². The number of amides is 1. The Morgan fingerprint density at radius 2 is 1.41 bits per heavy atom. The topological polar surface area (TPSA) is 110 Å². The quantitative estimate of drug-likeness (QED) is 0.121. The van der Waals surface area contributed by atoms with Crippen LogP contribution in [0.5, 0.6) is 5.75 Å². The van der Waals surface area contributed by atoms with Crippen molar-refractivity contribution in [3.05, 3.63) is 119 Å². The molecule has 0 aliphatic heterocycles. The van der Waals surface area contributed by atoms with Crippen molar-refractivity contribution in [2.45, 2.75) is 31.4 Å². The van der Waals surface area contributed by atoms with E-state index in [1.807, 2.05) is 0 Å². The number of pyridine rings is 1. The molecule has 3 aromatic carbocycles. The number of hydrogen-bond donors (Lipinski definition) is 2. The van der Waals surface area contributed by atoms with E-state index in [-0.39, 0.29) is 17.7 Å². The number of nitrogens with one attached hydrogen (secondary N) is 2. The van der Waals surface area contributed by atoms with E-state index in [0.29, 0.717) is 28.9 Å². The van der Waals surface area contributed by atoms with Gasteiger partial charge in [-0.3, -0.25) is 15.0 Å². The number of benzene rings is 3. The molecule has 14 heteroatoms. The van der Waals surface area contributed by atoms with Crippen LogP contribution in [0.4, 0.5) is 26.3 Å². The second-order valence-corrected chi connectivity index (χ2v) is 9.84. The Kier molecular flexibility index (Phi) is 10.3. The van der Waals surface area contributed by atoms with Gasteiger partial charge in [0.05, 0.1) is 24.6 Å². The van der Waals surface area contributed by atoms with Gasteiger partial charge in [-0.25, -0.2) is 4.79 Å². The Morgan fingerprint density at radius 1 is 0.804 bits per heavy atom. The molecule has 1 heterocycles. The van der Waals surface area contributed by atoms with Crippen LogP contribution in [0.3, 0.4) is 0 Å². The van der Waals surface area contributed by atoms with Gasteiger partial charge in [0, 0.05) is 11.8 Å². The first-order valence-corrected chi connectivity index (χ1v) is 13.5. The summed E-state index contributed by atoms with van der Waals surface area (Å²) >= 11 is 0. The van der Waals surface area contributed by atoms with E-state index in [1.165, 1.54) is 60.7 Å². The third-order valence-corrected chi connectivity index (χ3v) is 6.63. The standard InChI is InChI=1S/C32H25F6N3O5/c33-31(34,35)24-12-8-21(9-13-24)20-4-6-22(7-5-20)26(19-28(42)46-30(44)32(36,37)38)40-29(43)23-10-14-25(15-11-23)45-18-17-41-16-2-1-3-27(41)39/h1-16,26,39H,17-19H2,(H,40,43). The molecule has 0 saturated carbocycles. The van der Waals surface area contributed by atoms with Crippen molar-refractivity contribution in [3.63, 3.8) is 0 Å². The average molecular weight is 646 g/mol. The lowest BCUT2D eigenvalue weighted by Gasteiger charge is -2.19. The number of carbonyl (C=O) groups excluding carboxylic acids is 3. The number of rotatable bonds is 10. The third-order valence-electron chi connectivity index (χ3n) is 6.63. The van der Waals surface area contributed by atoms with Crippen LogP contribution in [0.25, 0.3) is 11.1 Å². The molecule has 0 spiro atoms. The number of alkyl halides is 6. The van der Waals surface area contributed by atoms with E-state index >= 15 is 0 Å². The number of hydrogen-bond acceptors (Lipinski definition) is 6. The molecule has 4 aromatic rings. The zero-order chi connectivity index (χ0) is 33.5. The first-order chi connectivity index (χ1) is 21.7. The molecule has 0 aliphatic carbocycles. The smallest absolute Gasteiger partial charge is 0.491 e. The highest BCUT2D eigenvalue weighted by Crippen LogP contribution is 2.31. The highest BCUT2D eigenvalue weighted by atomic mass is 19.4. The number of halogens is 6. The van der Waals surface area contributed by atoms with Gasteiger partial charge in [0.2, 0.25) is 0 Å². The molecule has 8 nitrogen and oxygen atoms in total. The summed E-state index contributed by atoms with van der Waals surface area (Å²) in [7, 11) is 0. The molecule has 0 aliphatic rings. The molecule has 4 rings (SSSR count). The molecule has 1 unspecified atom stereocenters. The molecule has 1 amide bonds. The van der Waals surface area contributed by atoms with Gasteiger partial charge >= 0.3 is 24.3 Å². The van der Waals surface area contributed by atoms with Crippen molar-refractivity contribution in [1.29, 1.82) is 5.41 Å². The zero-order valence-electron chi connectivity index (χ0n) is 23.7. The van der Waals surface area contributed by atoms with Crippen molar-refractivity contribution < 1.29 is 50.2 Å². The SMILES string of the molecule is N=c1ccccn1CCOc1ccc(C(=O)NC(CC(=O)OC(=O)C(F)(F)F)c2ccc(-c3ccc(C(F)(F)F)cc3)cc2)cc1. The normalized spacial score (nSPS) is 12.2. The minimum Gasteiger partial charge on any atom is -0.492 e. The van der Waals surface area contributed by atoms with Crippen molar-refractivity contribution >= 4 is 17.8 Å². The van der Waals surface area contributed by atoms with Crippen LogP contribution in [-0.2, 0) is 27.0 Å². The maximum absolute atomic E-state index is 13.1. The largest absolute Gasteiger partial charge is 0.492 e. The summed E-state index contributed by atoms with van der Waals surface area (Å²) in [5, 5.41) is 10.4. The summed E-state index contributed by atoms with van der Waals surface area (Å²) in [4.78, 5) is 36.5. The summed E-state index contributed by atoms with van der Waals surface area (Å²) in [6.45, 7) is 0.629. The molecular formula is C32H25F6N3O5. The van der Waals surface area contributed by atoms with Gasteiger partial charge in [-0.15, -0.1) is 0 Å². The van der Waals surface area contributed by atoms with Crippen molar-refractivity contribution in [1.82, 2.24) is 9.88 Å². The minimum absolute atomic E-state index is 0.115. The lowest BCUT2D eigenvalue weighted by atomic mass is 9.98.